The molecule has 2 nitrogen and oxygen atoms in total. The van der Waals surface area contributed by atoms with Gasteiger partial charge < -0.3 is 10.5 Å². The summed E-state index contributed by atoms with van der Waals surface area (Å²) in [7, 11) is 0. The van der Waals surface area contributed by atoms with E-state index in [-0.39, 0.29) is 6.04 Å². The minimum atomic E-state index is 0.240. The van der Waals surface area contributed by atoms with Gasteiger partial charge in [-0.25, -0.2) is 0 Å². The Balaban J connectivity index is 2.00. The molecule has 2 heteroatoms. The molecule has 100 valence electrons. The van der Waals surface area contributed by atoms with Crippen LogP contribution < -0.4 is 10.5 Å². The van der Waals surface area contributed by atoms with Crippen molar-refractivity contribution < 1.29 is 4.74 Å². The molecule has 0 saturated heterocycles. The maximum atomic E-state index is 5.95. The Hall–Kier alpha value is -1.80. The van der Waals surface area contributed by atoms with Crippen LogP contribution in [0.25, 0.3) is 0 Å². The van der Waals surface area contributed by atoms with Crippen LogP contribution in [-0.4, -0.2) is 6.04 Å². The third-order valence-electron chi connectivity index (χ3n) is 3.20. The second kappa shape index (κ2) is 6.39. The fraction of sp³-hybridized carbons (Fsp3) is 0.294. The molecule has 0 aliphatic heterocycles. The number of nitrogens with two attached hydrogens (primary N) is 1. The van der Waals surface area contributed by atoms with Gasteiger partial charge in [-0.05, 0) is 49.6 Å². The summed E-state index contributed by atoms with van der Waals surface area (Å²) in [6.07, 6.45) is 1.92. The summed E-state index contributed by atoms with van der Waals surface area (Å²) in [4.78, 5) is 0. The van der Waals surface area contributed by atoms with Gasteiger partial charge in [-0.1, -0.05) is 36.8 Å². The molecule has 2 rings (SSSR count). The van der Waals surface area contributed by atoms with Gasteiger partial charge in [-0.2, -0.15) is 0 Å². The van der Waals surface area contributed by atoms with Gasteiger partial charge in [0.15, 0.2) is 0 Å². The molecule has 0 amide bonds. The highest BCUT2D eigenvalue weighted by atomic mass is 16.5. The van der Waals surface area contributed by atoms with E-state index in [4.69, 9.17) is 10.5 Å². The second-order valence-corrected chi connectivity index (χ2v) is 4.93. The molecule has 0 aromatic heterocycles. The minimum Gasteiger partial charge on any atom is -0.457 e. The monoisotopic (exact) mass is 255 g/mol. The van der Waals surface area contributed by atoms with E-state index in [1.54, 1.807) is 0 Å². The zero-order valence-corrected chi connectivity index (χ0v) is 11.6. The molecule has 0 fully saturated rings. The summed E-state index contributed by atoms with van der Waals surface area (Å²) >= 11 is 0. The summed E-state index contributed by atoms with van der Waals surface area (Å²) in [5, 5.41) is 0. The maximum Gasteiger partial charge on any atom is 0.127 e. The molecular weight excluding hydrogens is 234 g/mol. The van der Waals surface area contributed by atoms with E-state index in [9.17, 15) is 0 Å². The van der Waals surface area contributed by atoms with Gasteiger partial charge in [0, 0.05) is 6.04 Å². The van der Waals surface area contributed by atoms with Gasteiger partial charge in [0.25, 0.3) is 0 Å². The van der Waals surface area contributed by atoms with Crippen LogP contribution in [-0.2, 0) is 6.42 Å². The molecule has 0 spiro atoms. The zero-order chi connectivity index (χ0) is 13.7. The molecule has 0 aliphatic rings. The smallest absolute Gasteiger partial charge is 0.127 e. The van der Waals surface area contributed by atoms with Crippen molar-refractivity contribution in [2.24, 2.45) is 5.73 Å². The summed E-state index contributed by atoms with van der Waals surface area (Å²) in [6, 6.07) is 16.5. The summed E-state index contributed by atoms with van der Waals surface area (Å²) in [6.45, 7) is 4.18. The van der Waals surface area contributed by atoms with Crippen molar-refractivity contribution in [1.82, 2.24) is 0 Å². The van der Waals surface area contributed by atoms with Crippen LogP contribution in [0, 0.1) is 6.92 Å². The molecule has 0 saturated carbocycles. The molecule has 0 heterocycles. The van der Waals surface area contributed by atoms with Crippen LogP contribution in [0.4, 0.5) is 0 Å². The SMILES string of the molecule is CCC(N)Cc1ccc(Oc2ccc(C)cc2)cc1. The normalized spacial score (nSPS) is 12.2. The van der Waals surface area contributed by atoms with Crippen LogP contribution in [0.5, 0.6) is 11.5 Å². The molecule has 0 aliphatic carbocycles. The fourth-order valence-electron chi connectivity index (χ4n) is 1.88. The Kier molecular flexibility index (Phi) is 4.58. The quantitative estimate of drug-likeness (QED) is 0.874. The number of ether oxygens (including phenoxy) is 1. The van der Waals surface area contributed by atoms with Gasteiger partial charge in [0.2, 0.25) is 0 Å². The molecule has 19 heavy (non-hydrogen) atoms. The lowest BCUT2D eigenvalue weighted by atomic mass is 10.0. The van der Waals surface area contributed by atoms with Gasteiger partial charge in [-0.15, -0.1) is 0 Å². The van der Waals surface area contributed by atoms with Crippen molar-refractivity contribution in [3.05, 3.63) is 59.7 Å². The largest absolute Gasteiger partial charge is 0.457 e. The molecule has 1 atom stereocenters. The molecule has 0 bridgehead atoms. The van der Waals surface area contributed by atoms with Crippen LogP contribution in [0.3, 0.4) is 0 Å². The van der Waals surface area contributed by atoms with E-state index < -0.39 is 0 Å². The Bertz CT molecular complexity index is 502. The van der Waals surface area contributed by atoms with Gasteiger partial charge in [-0.3, -0.25) is 0 Å². The number of hydrogen-bond acceptors (Lipinski definition) is 2. The van der Waals surface area contributed by atoms with E-state index >= 15 is 0 Å². The van der Waals surface area contributed by atoms with Gasteiger partial charge >= 0.3 is 0 Å². The van der Waals surface area contributed by atoms with Crippen molar-refractivity contribution in [2.45, 2.75) is 32.7 Å². The Morgan fingerprint density at radius 3 is 2.00 bits per heavy atom. The maximum absolute atomic E-state index is 5.95. The number of aryl methyl sites for hydroxylation is 1. The molecule has 1 unspecified atom stereocenters. The van der Waals surface area contributed by atoms with Crippen molar-refractivity contribution in [3.8, 4) is 11.5 Å². The Morgan fingerprint density at radius 1 is 0.947 bits per heavy atom. The lowest BCUT2D eigenvalue weighted by Gasteiger charge is -2.10. The summed E-state index contributed by atoms with van der Waals surface area (Å²) in [5.41, 5.74) is 8.44. The van der Waals surface area contributed by atoms with Crippen molar-refractivity contribution in [3.63, 3.8) is 0 Å². The van der Waals surface area contributed by atoms with E-state index in [0.717, 1.165) is 24.3 Å². The molecule has 2 aromatic rings. The van der Waals surface area contributed by atoms with Gasteiger partial charge in [0.05, 0.1) is 0 Å². The third kappa shape index (κ3) is 4.11. The first-order valence-electron chi connectivity index (χ1n) is 6.76. The highest BCUT2D eigenvalue weighted by Gasteiger charge is 2.02. The van der Waals surface area contributed by atoms with Crippen LogP contribution >= 0.6 is 0 Å². The number of rotatable bonds is 5. The standard InChI is InChI=1S/C17H21NO/c1-3-15(18)12-14-6-10-17(11-7-14)19-16-8-4-13(2)5-9-16/h4-11,15H,3,12,18H2,1-2H3. The Morgan fingerprint density at radius 2 is 1.47 bits per heavy atom. The third-order valence-corrected chi connectivity index (χ3v) is 3.20. The average Bonchev–Trinajstić information content (AvgIpc) is 2.43. The fourth-order valence-corrected chi connectivity index (χ4v) is 1.88. The predicted octanol–water partition coefficient (Wildman–Crippen LogP) is 4.07. The van der Waals surface area contributed by atoms with Crippen molar-refractivity contribution in [2.75, 3.05) is 0 Å². The number of benzene rings is 2. The zero-order valence-electron chi connectivity index (χ0n) is 11.6. The molecule has 0 radical (unpaired) electrons. The first-order chi connectivity index (χ1) is 9.17. The topological polar surface area (TPSA) is 35.2 Å². The lowest BCUT2D eigenvalue weighted by molar-refractivity contribution is 0.482. The van der Waals surface area contributed by atoms with E-state index in [1.165, 1.54) is 11.1 Å². The molecule has 2 aromatic carbocycles. The summed E-state index contributed by atoms with van der Waals surface area (Å²) < 4.78 is 5.79. The highest BCUT2D eigenvalue weighted by molar-refractivity contribution is 5.34. The number of hydrogen-bond donors (Lipinski definition) is 1. The van der Waals surface area contributed by atoms with Crippen LogP contribution in [0.15, 0.2) is 48.5 Å². The van der Waals surface area contributed by atoms with E-state index in [2.05, 4.69) is 26.0 Å². The van der Waals surface area contributed by atoms with Crippen LogP contribution in [0.1, 0.15) is 24.5 Å². The first-order valence-corrected chi connectivity index (χ1v) is 6.76. The van der Waals surface area contributed by atoms with Crippen molar-refractivity contribution in [1.29, 1.82) is 0 Å². The highest BCUT2D eigenvalue weighted by Crippen LogP contribution is 2.22. The lowest BCUT2D eigenvalue weighted by Crippen LogP contribution is -2.21. The van der Waals surface area contributed by atoms with E-state index in [0.29, 0.717) is 0 Å². The van der Waals surface area contributed by atoms with Crippen molar-refractivity contribution >= 4 is 0 Å². The molecule has 2 N–H and O–H groups in total. The van der Waals surface area contributed by atoms with E-state index in [1.807, 2.05) is 36.4 Å². The second-order valence-electron chi connectivity index (χ2n) is 4.93. The Labute approximate surface area is 115 Å². The minimum absolute atomic E-state index is 0.240. The van der Waals surface area contributed by atoms with Crippen LogP contribution in [0.2, 0.25) is 0 Å². The average molecular weight is 255 g/mol. The summed E-state index contributed by atoms with van der Waals surface area (Å²) in [5.74, 6) is 1.72. The predicted molar refractivity (Wildman–Crippen MR) is 79.7 cm³/mol. The first kappa shape index (κ1) is 13.6. The molecular formula is C17H21NO. The van der Waals surface area contributed by atoms with Gasteiger partial charge in [0.1, 0.15) is 11.5 Å².